The number of rotatable bonds is 13. The maximum Gasteiger partial charge on any atom is 0.305 e. The van der Waals surface area contributed by atoms with Crippen molar-refractivity contribution in [3.05, 3.63) is 58.7 Å². The minimum absolute atomic E-state index is 0.0489. The molecule has 1 saturated heterocycles. The Labute approximate surface area is 230 Å². The highest BCUT2D eigenvalue weighted by atomic mass is 79.9. The van der Waals surface area contributed by atoms with Gasteiger partial charge in [-0.15, -0.1) is 0 Å². The van der Waals surface area contributed by atoms with Crippen molar-refractivity contribution in [1.82, 2.24) is 0 Å². The predicted molar refractivity (Wildman–Crippen MR) is 142 cm³/mol. The van der Waals surface area contributed by atoms with E-state index in [9.17, 15) is 35.1 Å². The Balaban J connectivity index is 2.21. The molecule has 0 aromatic heterocycles. The first-order chi connectivity index (χ1) is 18.1. The number of ether oxygens (including phenoxy) is 3. The Kier molecular flexibility index (Phi) is 13.2. The van der Waals surface area contributed by atoms with Crippen LogP contribution in [-0.4, -0.2) is 93.4 Å². The highest BCUT2D eigenvalue weighted by Crippen LogP contribution is 2.36. The smallest absolute Gasteiger partial charge is 0.305 e. The molecule has 1 aliphatic carbocycles. The van der Waals surface area contributed by atoms with Gasteiger partial charge in [-0.1, -0.05) is 49.5 Å². The number of methoxy groups -OCH3 is 1. The van der Waals surface area contributed by atoms with Crippen LogP contribution in [0.3, 0.4) is 0 Å². The van der Waals surface area contributed by atoms with E-state index in [1.54, 1.807) is 6.08 Å². The van der Waals surface area contributed by atoms with Crippen LogP contribution in [0.2, 0.25) is 0 Å². The molecule has 1 heterocycles. The second-order valence-corrected chi connectivity index (χ2v) is 9.84. The van der Waals surface area contributed by atoms with Crippen LogP contribution in [-0.2, 0) is 23.8 Å². The number of hydrogen-bond acceptors (Lipinski definition) is 10. The minimum atomic E-state index is -1.63. The maximum atomic E-state index is 12.7. The fourth-order valence-electron chi connectivity index (χ4n) is 3.97. The van der Waals surface area contributed by atoms with Crippen LogP contribution in [0, 0.1) is 0 Å². The molecule has 0 unspecified atom stereocenters. The molecule has 0 amide bonds. The summed E-state index contributed by atoms with van der Waals surface area (Å²) in [6, 6.07) is 0. The zero-order valence-electron chi connectivity index (χ0n) is 21.5. The minimum Gasteiger partial charge on any atom is -0.469 e. The molecule has 1 fully saturated rings. The highest BCUT2D eigenvalue weighted by Gasteiger charge is 2.44. The molecule has 0 bridgehead atoms. The molecule has 10 nitrogen and oxygen atoms in total. The van der Waals surface area contributed by atoms with E-state index in [1.807, 2.05) is 25.2 Å². The first-order valence-electron chi connectivity index (χ1n) is 12.4. The van der Waals surface area contributed by atoms with Crippen molar-refractivity contribution in [1.29, 1.82) is 0 Å². The van der Waals surface area contributed by atoms with Crippen molar-refractivity contribution in [2.75, 3.05) is 13.7 Å². The first kappa shape index (κ1) is 32.3. The second-order valence-electron chi connectivity index (χ2n) is 8.99. The summed E-state index contributed by atoms with van der Waals surface area (Å²) < 4.78 is 16.1. The molecule has 2 rings (SSSR count). The van der Waals surface area contributed by atoms with Gasteiger partial charge in [-0.05, 0) is 41.3 Å². The predicted octanol–water partition coefficient (Wildman–Crippen LogP) is 1.50. The topological polar surface area (TPSA) is 163 Å². The van der Waals surface area contributed by atoms with Crippen molar-refractivity contribution in [3.8, 4) is 0 Å². The lowest BCUT2D eigenvalue weighted by Gasteiger charge is -2.40. The van der Waals surface area contributed by atoms with E-state index >= 15 is 0 Å². The van der Waals surface area contributed by atoms with E-state index in [2.05, 4.69) is 20.7 Å². The Morgan fingerprint density at radius 1 is 1.18 bits per heavy atom. The summed E-state index contributed by atoms with van der Waals surface area (Å²) in [7, 11) is 1.24. The molecule has 0 spiro atoms. The van der Waals surface area contributed by atoms with Gasteiger partial charge in [-0.3, -0.25) is 9.59 Å². The molecule has 0 radical (unpaired) electrons. The summed E-state index contributed by atoms with van der Waals surface area (Å²) in [6.45, 7) is 1.42. The third-order valence-corrected chi connectivity index (χ3v) is 6.76. The summed E-state index contributed by atoms with van der Waals surface area (Å²) in [5, 5.41) is 50.9. The SMILES string of the molecule is CC/C=C\C/C=C\C[C@@]1(O)C=C(Br)C(=O)/C1=C\C=C\[C@@H](CCC(=O)OC)O[C@@H]1O[C@H](CO)[C@@H](O)[C@H](O)[C@H]1O. The molecule has 11 heteroatoms. The quantitative estimate of drug-likeness (QED) is 0.119. The number of aliphatic hydroxyl groups excluding tert-OH is 4. The van der Waals surface area contributed by atoms with Gasteiger partial charge in [0.25, 0.3) is 0 Å². The molecule has 0 aromatic rings. The van der Waals surface area contributed by atoms with Gasteiger partial charge in [0.15, 0.2) is 12.1 Å². The second kappa shape index (κ2) is 15.6. The van der Waals surface area contributed by atoms with Gasteiger partial charge in [-0.2, -0.15) is 0 Å². The van der Waals surface area contributed by atoms with Crippen molar-refractivity contribution >= 4 is 27.7 Å². The molecule has 0 aromatic carbocycles. The lowest BCUT2D eigenvalue weighted by Crippen LogP contribution is -2.59. The highest BCUT2D eigenvalue weighted by molar-refractivity contribution is 9.12. The Bertz CT molecular complexity index is 954. The third-order valence-electron chi connectivity index (χ3n) is 6.17. The number of halogens is 1. The fourth-order valence-corrected chi connectivity index (χ4v) is 4.56. The van der Waals surface area contributed by atoms with Crippen LogP contribution in [0.15, 0.2) is 58.7 Å². The van der Waals surface area contributed by atoms with Gasteiger partial charge in [0, 0.05) is 18.4 Å². The van der Waals surface area contributed by atoms with Crippen molar-refractivity contribution in [3.63, 3.8) is 0 Å². The molecule has 7 atom stereocenters. The number of aliphatic hydroxyl groups is 5. The Hall–Kier alpha value is -1.96. The number of carbonyl (C=O) groups excluding carboxylic acids is 2. The lowest BCUT2D eigenvalue weighted by molar-refractivity contribution is -0.307. The van der Waals surface area contributed by atoms with Gasteiger partial charge in [0.2, 0.25) is 0 Å². The largest absolute Gasteiger partial charge is 0.469 e. The zero-order chi connectivity index (χ0) is 28.3. The van der Waals surface area contributed by atoms with Crippen molar-refractivity contribution in [2.45, 2.75) is 81.4 Å². The van der Waals surface area contributed by atoms with Gasteiger partial charge in [0.05, 0.1) is 24.3 Å². The van der Waals surface area contributed by atoms with Crippen LogP contribution < -0.4 is 0 Å². The average Bonchev–Trinajstić information content (AvgIpc) is 3.11. The van der Waals surface area contributed by atoms with Crippen LogP contribution in [0.4, 0.5) is 0 Å². The number of allylic oxidation sites excluding steroid dienone is 6. The Morgan fingerprint density at radius 3 is 2.55 bits per heavy atom. The number of hydrogen-bond donors (Lipinski definition) is 5. The number of esters is 1. The summed E-state index contributed by atoms with van der Waals surface area (Å²) in [5.41, 5.74) is -1.39. The van der Waals surface area contributed by atoms with E-state index in [1.165, 1.54) is 31.4 Å². The fraction of sp³-hybridized carbons (Fsp3) is 0.556. The maximum absolute atomic E-state index is 12.7. The molecule has 2 aliphatic rings. The molecule has 1 aliphatic heterocycles. The molecule has 0 saturated carbocycles. The number of ketones is 1. The van der Waals surface area contributed by atoms with E-state index in [0.29, 0.717) is 6.42 Å². The Morgan fingerprint density at radius 2 is 1.89 bits per heavy atom. The van der Waals surface area contributed by atoms with Crippen LogP contribution in [0.25, 0.3) is 0 Å². The summed E-state index contributed by atoms with van der Waals surface area (Å²) in [4.78, 5) is 24.4. The van der Waals surface area contributed by atoms with E-state index in [4.69, 9.17) is 9.47 Å². The van der Waals surface area contributed by atoms with Gasteiger partial charge < -0.3 is 39.7 Å². The van der Waals surface area contributed by atoms with Crippen LogP contribution in [0.1, 0.15) is 39.0 Å². The first-order valence-corrected chi connectivity index (χ1v) is 13.2. The monoisotopic (exact) mass is 600 g/mol. The summed E-state index contributed by atoms with van der Waals surface area (Å²) >= 11 is 3.19. The van der Waals surface area contributed by atoms with Crippen molar-refractivity contribution < 1.29 is 49.3 Å². The molecular formula is C27H37BrO10. The van der Waals surface area contributed by atoms with E-state index < -0.39 is 55.0 Å². The summed E-state index contributed by atoms with van der Waals surface area (Å²) in [5.74, 6) is -0.884. The van der Waals surface area contributed by atoms with Gasteiger partial charge >= 0.3 is 5.97 Å². The average molecular weight is 601 g/mol. The van der Waals surface area contributed by atoms with E-state index in [-0.39, 0.29) is 35.1 Å². The zero-order valence-corrected chi connectivity index (χ0v) is 23.1. The third kappa shape index (κ3) is 8.78. The lowest BCUT2D eigenvalue weighted by atomic mass is 9.92. The van der Waals surface area contributed by atoms with Gasteiger partial charge in [-0.25, -0.2) is 0 Å². The van der Waals surface area contributed by atoms with E-state index in [0.717, 1.165) is 6.42 Å². The normalized spacial score (nSPS) is 32.1. The molecular weight excluding hydrogens is 564 g/mol. The number of Topliss-reactive ketones (excluding diaryl/α,β-unsaturated/α-hetero) is 1. The van der Waals surface area contributed by atoms with Crippen LogP contribution >= 0.6 is 15.9 Å². The van der Waals surface area contributed by atoms with Crippen molar-refractivity contribution in [2.24, 2.45) is 0 Å². The molecule has 212 valence electrons. The summed E-state index contributed by atoms with van der Waals surface area (Å²) in [6.07, 6.45) is 7.25. The van der Waals surface area contributed by atoms with Gasteiger partial charge in [0.1, 0.15) is 30.0 Å². The molecule has 5 N–H and O–H groups in total. The number of carbonyl (C=O) groups is 2. The molecule has 38 heavy (non-hydrogen) atoms. The standard InChI is InChI=1S/C27H37BrO10/c1-3-4-5-6-7-8-14-27(35)15-19(28)22(31)18(27)11-9-10-17(12-13-21(30)36-2)37-26-25(34)24(33)23(32)20(16-29)38-26/h4-5,7-11,15,17,20,23-26,29,32-35H,3,6,12-14,16H2,1-2H3/b5-4-,8-7-,10-9+,18-11+/t17-,20+,23+,24-,25+,26+,27+/m0/s1. The van der Waals surface area contributed by atoms with Crippen LogP contribution in [0.5, 0.6) is 0 Å².